The molecule has 1 aliphatic rings. The number of amides is 1. The molecule has 98 valence electrons. The van der Waals surface area contributed by atoms with E-state index in [1.54, 1.807) is 6.07 Å². The Labute approximate surface area is 107 Å². The molecule has 2 N–H and O–H groups in total. The van der Waals surface area contributed by atoms with Crippen LogP contribution < -0.4 is 5.32 Å². The van der Waals surface area contributed by atoms with Gasteiger partial charge in [-0.2, -0.15) is 0 Å². The minimum atomic E-state index is -0.857. The molecule has 0 bridgehead atoms. The zero-order valence-corrected chi connectivity index (χ0v) is 9.91. The van der Waals surface area contributed by atoms with Crippen LogP contribution in [0.5, 0.6) is 0 Å². The molecule has 1 aromatic rings. The van der Waals surface area contributed by atoms with Gasteiger partial charge in [0.1, 0.15) is 0 Å². The Morgan fingerprint density at radius 2 is 2.16 bits per heavy atom. The highest BCUT2D eigenvalue weighted by atomic mass is 16.6. The van der Waals surface area contributed by atoms with Crippen LogP contribution in [0, 0.1) is 10.1 Å². The maximum absolute atomic E-state index is 11.5. The fourth-order valence-corrected chi connectivity index (χ4v) is 1.97. The Balaban J connectivity index is 2.48. The van der Waals surface area contributed by atoms with E-state index in [0.717, 1.165) is 0 Å². The standard InChI is InChI=1S/C12H10N2O5/c1-6(15)9-10(13-12(17)11(9)16)7-3-2-4-8(5-7)14(18)19/h2-5,10,16H,1H3,(H,13,17). The molecule has 1 aliphatic heterocycles. The molecule has 0 saturated carbocycles. The molecule has 0 radical (unpaired) electrons. The Morgan fingerprint density at radius 3 is 2.74 bits per heavy atom. The summed E-state index contributed by atoms with van der Waals surface area (Å²) in [5, 5.41) is 22.7. The lowest BCUT2D eigenvalue weighted by Gasteiger charge is -2.12. The van der Waals surface area contributed by atoms with Gasteiger partial charge in [-0.15, -0.1) is 0 Å². The van der Waals surface area contributed by atoms with Crippen LogP contribution in [-0.2, 0) is 9.59 Å². The van der Waals surface area contributed by atoms with E-state index in [-0.39, 0.29) is 11.3 Å². The van der Waals surface area contributed by atoms with E-state index in [1.165, 1.54) is 25.1 Å². The van der Waals surface area contributed by atoms with Gasteiger partial charge in [0.2, 0.25) is 0 Å². The van der Waals surface area contributed by atoms with Crippen molar-refractivity contribution in [2.75, 3.05) is 0 Å². The van der Waals surface area contributed by atoms with Crippen molar-refractivity contribution in [1.29, 1.82) is 0 Å². The van der Waals surface area contributed by atoms with E-state index in [2.05, 4.69) is 5.32 Å². The largest absolute Gasteiger partial charge is 0.503 e. The third-order valence-corrected chi connectivity index (χ3v) is 2.83. The van der Waals surface area contributed by atoms with Gasteiger partial charge >= 0.3 is 0 Å². The van der Waals surface area contributed by atoms with Crippen molar-refractivity contribution in [1.82, 2.24) is 5.32 Å². The first-order valence-electron chi connectivity index (χ1n) is 5.41. The van der Waals surface area contributed by atoms with Gasteiger partial charge in [-0.1, -0.05) is 12.1 Å². The van der Waals surface area contributed by atoms with E-state index >= 15 is 0 Å². The first-order valence-corrected chi connectivity index (χ1v) is 5.41. The number of nitrogens with one attached hydrogen (secondary N) is 1. The molecule has 0 aliphatic carbocycles. The number of hydrogen-bond donors (Lipinski definition) is 2. The molecule has 1 aromatic carbocycles. The highest BCUT2D eigenvalue weighted by molar-refractivity contribution is 6.08. The van der Waals surface area contributed by atoms with E-state index in [1.807, 2.05) is 0 Å². The fourth-order valence-electron chi connectivity index (χ4n) is 1.97. The molecule has 1 amide bonds. The summed E-state index contributed by atoms with van der Waals surface area (Å²) in [6.07, 6.45) is 0. The highest BCUT2D eigenvalue weighted by Crippen LogP contribution is 2.31. The summed E-state index contributed by atoms with van der Waals surface area (Å²) in [5.74, 6) is -1.86. The fraction of sp³-hybridized carbons (Fsp3) is 0.167. The smallest absolute Gasteiger partial charge is 0.287 e. The number of aliphatic hydroxyl groups is 1. The van der Waals surface area contributed by atoms with Gasteiger partial charge in [-0.3, -0.25) is 19.7 Å². The number of nitrogens with zero attached hydrogens (tertiary/aromatic N) is 1. The van der Waals surface area contributed by atoms with Gasteiger partial charge in [0.25, 0.3) is 11.6 Å². The SMILES string of the molecule is CC(=O)C1=C(O)C(=O)NC1c1cccc([N+](=O)[O-])c1. The van der Waals surface area contributed by atoms with Crippen molar-refractivity contribution in [3.8, 4) is 0 Å². The molecule has 0 spiro atoms. The second-order valence-electron chi connectivity index (χ2n) is 4.08. The summed E-state index contributed by atoms with van der Waals surface area (Å²) in [6, 6.07) is 4.70. The van der Waals surface area contributed by atoms with Crippen LogP contribution in [0.2, 0.25) is 0 Å². The number of nitro benzene ring substituents is 1. The molecule has 19 heavy (non-hydrogen) atoms. The number of carbonyl (C=O) groups excluding carboxylic acids is 2. The van der Waals surface area contributed by atoms with Gasteiger partial charge in [-0.25, -0.2) is 0 Å². The van der Waals surface area contributed by atoms with E-state index in [0.29, 0.717) is 5.56 Å². The summed E-state index contributed by atoms with van der Waals surface area (Å²) in [7, 11) is 0. The van der Waals surface area contributed by atoms with Gasteiger partial charge in [0, 0.05) is 12.1 Å². The average Bonchev–Trinajstić information content (AvgIpc) is 2.66. The summed E-state index contributed by atoms with van der Waals surface area (Å²) in [5.41, 5.74) is 0.142. The van der Waals surface area contributed by atoms with Crippen LogP contribution in [0.4, 0.5) is 5.69 Å². The van der Waals surface area contributed by atoms with Crippen LogP contribution in [0.15, 0.2) is 35.6 Å². The number of rotatable bonds is 3. The topological polar surface area (TPSA) is 110 Å². The number of hydrogen-bond acceptors (Lipinski definition) is 5. The van der Waals surface area contributed by atoms with Gasteiger partial charge in [0.05, 0.1) is 16.5 Å². The second-order valence-corrected chi connectivity index (χ2v) is 4.08. The third kappa shape index (κ3) is 2.17. The molecule has 7 heteroatoms. The Hall–Kier alpha value is -2.70. The number of aliphatic hydroxyl groups excluding tert-OH is 1. The summed E-state index contributed by atoms with van der Waals surface area (Å²) in [4.78, 5) is 33.0. The zero-order valence-electron chi connectivity index (χ0n) is 9.91. The number of carbonyl (C=O) groups is 2. The summed E-state index contributed by atoms with van der Waals surface area (Å²) >= 11 is 0. The molecule has 2 rings (SSSR count). The number of nitro groups is 1. The number of benzene rings is 1. The van der Waals surface area contributed by atoms with Crippen molar-refractivity contribution in [3.05, 3.63) is 51.3 Å². The molecular weight excluding hydrogens is 252 g/mol. The van der Waals surface area contributed by atoms with Crippen LogP contribution in [0.25, 0.3) is 0 Å². The first kappa shape index (κ1) is 12.7. The average molecular weight is 262 g/mol. The predicted octanol–water partition coefficient (Wildman–Crippen LogP) is 1.17. The first-order chi connectivity index (χ1) is 8.91. The van der Waals surface area contributed by atoms with Crippen LogP contribution in [-0.4, -0.2) is 21.7 Å². The molecule has 1 unspecified atom stereocenters. The summed E-state index contributed by atoms with van der Waals surface area (Å²) < 4.78 is 0. The lowest BCUT2D eigenvalue weighted by Crippen LogP contribution is -2.23. The minimum absolute atomic E-state index is 0.0782. The Kier molecular flexibility index (Phi) is 3.04. The van der Waals surface area contributed by atoms with Gasteiger partial charge in [0.15, 0.2) is 11.5 Å². The molecular formula is C12H10N2O5. The Bertz CT molecular complexity index is 620. The predicted molar refractivity (Wildman–Crippen MR) is 64.3 cm³/mol. The number of ketones is 1. The van der Waals surface area contributed by atoms with Crippen LogP contribution >= 0.6 is 0 Å². The van der Waals surface area contributed by atoms with Crippen molar-refractivity contribution in [2.24, 2.45) is 0 Å². The lowest BCUT2D eigenvalue weighted by atomic mass is 9.97. The van der Waals surface area contributed by atoms with Gasteiger partial charge in [-0.05, 0) is 12.5 Å². The maximum Gasteiger partial charge on any atom is 0.287 e. The van der Waals surface area contributed by atoms with Crippen LogP contribution in [0.3, 0.4) is 0 Å². The molecule has 1 atom stereocenters. The number of Topliss-reactive ketones (excluding diaryl/α,β-unsaturated/α-hetero) is 1. The highest BCUT2D eigenvalue weighted by Gasteiger charge is 2.35. The quantitative estimate of drug-likeness (QED) is 0.627. The minimum Gasteiger partial charge on any atom is -0.503 e. The number of non-ortho nitro benzene ring substituents is 1. The monoisotopic (exact) mass is 262 g/mol. The van der Waals surface area contributed by atoms with Gasteiger partial charge < -0.3 is 10.4 Å². The lowest BCUT2D eigenvalue weighted by molar-refractivity contribution is -0.384. The summed E-state index contributed by atoms with van der Waals surface area (Å²) in [6.45, 7) is 1.22. The molecule has 0 saturated heterocycles. The van der Waals surface area contributed by atoms with Crippen LogP contribution in [0.1, 0.15) is 18.5 Å². The van der Waals surface area contributed by atoms with Crippen molar-refractivity contribution in [2.45, 2.75) is 13.0 Å². The third-order valence-electron chi connectivity index (χ3n) is 2.83. The van der Waals surface area contributed by atoms with Crippen molar-refractivity contribution in [3.63, 3.8) is 0 Å². The maximum atomic E-state index is 11.5. The molecule has 7 nitrogen and oxygen atoms in total. The van der Waals surface area contributed by atoms with E-state index < -0.39 is 28.4 Å². The second kappa shape index (κ2) is 4.52. The molecule has 0 aromatic heterocycles. The van der Waals surface area contributed by atoms with E-state index in [9.17, 15) is 24.8 Å². The zero-order chi connectivity index (χ0) is 14.2. The Morgan fingerprint density at radius 1 is 1.47 bits per heavy atom. The molecule has 0 fully saturated rings. The normalized spacial score (nSPS) is 18.4. The van der Waals surface area contributed by atoms with E-state index in [4.69, 9.17) is 0 Å². The van der Waals surface area contributed by atoms with Crippen molar-refractivity contribution < 1.29 is 19.6 Å². The van der Waals surface area contributed by atoms with Crippen molar-refractivity contribution >= 4 is 17.4 Å². The molecule has 1 heterocycles.